The van der Waals surface area contributed by atoms with E-state index >= 15 is 0 Å². The zero-order chi connectivity index (χ0) is 27.1. The van der Waals surface area contributed by atoms with Crippen molar-refractivity contribution >= 4 is 21.4 Å². The van der Waals surface area contributed by atoms with Gasteiger partial charge in [0, 0.05) is 35.1 Å². The van der Waals surface area contributed by atoms with Crippen molar-refractivity contribution in [2.24, 2.45) is 0 Å². The number of rotatable bonds is 7. The number of sulfone groups is 1. The molecule has 0 bridgehead atoms. The topological polar surface area (TPSA) is 72.2 Å². The van der Waals surface area contributed by atoms with Crippen LogP contribution in [-0.2, 0) is 28.3 Å². The number of halogens is 3. The van der Waals surface area contributed by atoms with Crippen molar-refractivity contribution in [2.45, 2.75) is 44.1 Å². The number of aliphatic hydroxyl groups is 1. The van der Waals surface area contributed by atoms with Gasteiger partial charge in [0.05, 0.1) is 10.6 Å². The minimum Gasteiger partial charge on any atom is -0.384 e. The van der Waals surface area contributed by atoms with Crippen LogP contribution in [0.4, 0.5) is 8.78 Å². The average molecular weight is 545 g/mol. The van der Waals surface area contributed by atoms with Gasteiger partial charge in [-0.05, 0) is 79.4 Å². The SMILES string of the molecule is CCc1c(F)cc(-c2ccc(-n3cc(C(C)(C)O)nc3Cc3cc(F)ccc3Cl)cc2)cc1S(C)(=O)=O. The van der Waals surface area contributed by atoms with Crippen LogP contribution in [0.1, 0.15) is 43.4 Å². The van der Waals surface area contributed by atoms with E-state index in [1.54, 1.807) is 55.8 Å². The van der Waals surface area contributed by atoms with Crippen LogP contribution in [0.3, 0.4) is 0 Å². The summed E-state index contributed by atoms with van der Waals surface area (Å²) in [5.74, 6) is -0.447. The van der Waals surface area contributed by atoms with Gasteiger partial charge >= 0.3 is 0 Å². The van der Waals surface area contributed by atoms with Gasteiger partial charge in [0.2, 0.25) is 0 Å². The van der Waals surface area contributed by atoms with Crippen LogP contribution >= 0.6 is 11.6 Å². The number of hydrogen-bond acceptors (Lipinski definition) is 4. The van der Waals surface area contributed by atoms with E-state index in [0.29, 0.717) is 38.9 Å². The second-order valence-electron chi connectivity index (χ2n) is 9.49. The Bertz CT molecular complexity index is 1570. The van der Waals surface area contributed by atoms with Crippen LogP contribution in [0.2, 0.25) is 5.02 Å². The van der Waals surface area contributed by atoms with E-state index in [1.165, 1.54) is 30.3 Å². The molecule has 0 aliphatic heterocycles. The summed E-state index contributed by atoms with van der Waals surface area (Å²) in [4.78, 5) is 4.57. The lowest BCUT2D eigenvalue weighted by Crippen LogP contribution is -2.15. The summed E-state index contributed by atoms with van der Waals surface area (Å²) in [6.07, 6.45) is 3.25. The summed E-state index contributed by atoms with van der Waals surface area (Å²) in [5, 5.41) is 10.9. The predicted molar refractivity (Wildman–Crippen MR) is 141 cm³/mol. The summed E-state index contributed by atoms with van der Waals surface area (Å²) in [7, 11) is -3.62. The second-order valence-corrected chi connectivity index (χ2v) is 11.9. The van der Waals surface area contributed by atoms with E-state index in [2.05, 4.69) is 4.98 Å². The molecule has 37 heavy (non-hydrogen) atoms. The fourth-order valence-corrected chi connectivity index (χ4v) is 5.39. The zero-order valence-electron chi connectivity index (χ0n) is 20.9. The number of nitrogens with zero attached hydrogens (tertiary/aromatic N) is 2. The highest BCUT2D eigenvalue weighted by Gasteiger charge is 2.23. The first-order valence-corrected chi connectivity index (χ1v) is 13.9. The van der Waals surface area contributed by atoms with Crippen molar-refractivity contribution in [3.05, 3.63) is 100 Å². The van der Waals surface area contributed by atoms with Crippen LogP contribution in [0.15, 0.2) is 65.7 Å². The third kappa shape index (κ3) is 5.76. The molecule has 0 saturated carbocycles. The fourth-order valence-electron chi connectivity index (χ4n) is 4.18. The molecule has 0 aliphatic carbocycles. The highest BCUT2D eigenvalue weighted by Crippen LogP contribution is 2.30. The lowest BCUT2D eigenvalue weighted by atomic mass is 10.0. The van der Waals surface area contributed by atoms with Crippen LogP contribution < -0.4 is 0 Å². The Morgan fingerprint density at radius 2 is 1.70 bits per heavy atom. The van der Waals surface area contributed by atoms with Crippen molar-refractivity contribution in [3.63, 3.8) is 0 Å². The molecule has 194 valence electrons. The molecule has 0 atom stereocenters. The highest BCUT2D eigenvalue weighted by atomic mass is 35.5. The lowest BCUT2D eigenvalue weighted by Gasteiger charge is -2.13. The monoisotopic (exact) mass is 544 g/mol. The Labute approximate surface area is 220 Å². The highest BCUT2D eigenvalue weighted by molar-refractivity contribution is 7.90. The number of imidazole rings is 1. The van der Waals surface area contributed by atoms with E-state index in [1.807, 2.05) is 0 Å². The number of benzene rings is 3. The predicted octanol–water partition coefficient (Wildman–Crippen LogP) is 6.26. The van der Waals surface area contributed by atoms with Gasteiger partial charge < -0.3 is 9.67 Å². The van der Waals surface area contributed by atoms with Crippen molar-refractivity contribution < 1.29 is 22.3 Å². The first-order valence-electron chi connectivity index (χ1n) is 11.7. The first kappa shape index (κ1) is 27.0. The van der Waals surface area contributed by atoms with Crippen LogP contribution in [-0.4, -0.2) is 29.3 Å². The minimum absolute atomic E-state index is 0.0206. The molecular formula is C28H27ClF2N2O3S. The van der Waals surface area contributed by atoms with E-state index in [4.69, 9.17) is 11.6 Å². The molecule has 3 aromatic carbocycles. The molecule has 0 saturated heterocycles. The molecule has 0 radical (unpaired) electrons. The maximum absolute atomic E-state index is 14.8. The third-order valence-electron chi connectivity index (χ3n) is 6.15. The molecule has 4 aromatic rings. The van der Waals surface area contributed by atoms with Gasteiger partial charge in [0.1, 0.15) is 23.1 Å². The van der Waals surface area contributed by atoms with Gasteiger partial charge in [0.25, 0.3) is 0 Å². The summed E-state index contributed by atoms with van der Waals surface area (Å²) in [6, 6.07) is 14.0. The van der Waals surface area contributed by atoms with Crippen LogP contribution in [0, 0.1) is 11.6 Å². The molecule has 1 aromatic heterocycles. The van der Waals surface area contributed by atoms with Crippen LogP contribution in [0.5, 0.6) is 0 Å². The van der Waals surface area contributed by atoms with Gasteiger partial charge in [0.15, 0.2) is 9.84 Å². The molecule has 0 aliphatic rings. The molecule has 1 heterocycles. The smallest absolute Gasteiger partial charge is 0.175 e. The second kappa shape index (κ2) is 10.0. The maximum Gasteiger partial charge on any atom is 0.175 e. The molecule has 0 fully saturated rings. The molecule has 0 unspecified atom stereocenters. The fraction of sp³-hybridized carbons (Fsp3) is 0.250. The Hall–Kier alpha value is -3.07. The molecule has 0 amide bonds. The number of aromatic nitrogens is 2. The third-order valence-corrected chi connectivity index (χ3v) is 7.68. The lowest BCUT2D eigenvalue weighted by molar-refractivity contribution is 0.0741. The van der Waals surface area contributed by atoms with E-state index in [-0.39, 0.29) is 23.3 Å². The first-order chi connectivity index (χ1) is 17.3. The summed E-state index contributed by atoms with van der Waals surface area (Å²) < 4.78 is 55.0. The Morgan fingerprint density at radius 3 is 2.30 bits per heavy atom. The Morgan fingerprint density at radius 1 is 1.03 bits per heavy atom. The van der Waals surface area contributed by atoms with Gasteiger partial charge in [-0.3, -0.25) is 0 Å². The van der Waals surface area contributed by atoms with Crippen LogP contribution in [0.25, 0.3) is 16.8 Å². The molecule has 0 spiro atoms. The molecular weight excluding hydrogens is 518 g/mol. The maximum atomic E-state index is 14.8. The van der Waals surface area contributed by atoms with Crippen molar-refractivity contribution in [1.29, 1.82) is 0 Å². The van der Waals surface area contributed by atoms with Gasteiger partial charge in [-0.15, -0.1) is 0 Å². The summed E-state index contributed by atoms with van der Waals surface area (Å²) in [6.45, 7) is 4.95. The quantitative estimate of drug-likeness (QED) is 0.298. The van der Waals surface area contributed by atoms with Crippen molar-refractivity contribution in [1.82, 2.24) is 9.55 Å². The van der Waals surface area contributed by atoms with Crippen molar-refractivity contribution in [2.75, 3.05) is 6.26 Å². The van der Waals surface area contributed by atoms with Crippen molar-refractivity contribution in [3.8, 4) is 16.8 Å². The Balaban J connectivity index is 1.77. The van der Waals surface area contributed by atoms with E-state index in [0.717, 1.165) is 6.26 Å². The standard InChI is InChI=1S/C28H27ClF2N2O3S/c1-5-22-24(31)13-18(14-25(22)37(4,35)36)17-6-9-21(10-7-17)33-16-26(28(2,3)34)32-27(33)15-19-12-20(30)8-11-23(19)29/h6-14,16,34H,5,15H2,1-4H3. The average Bonchev–Trinajstić information content (AvgIpc) is 3.25. The summed E-state index contributed by atoms with van der Waals surface area (Å²) in [5.41, 5.74) is 1.70. The molecule has 5 nitrogen and oxygen atoms in total. The Kier molecular flexibility index (Phi) is 7.29. The zero-order valence-corrected chi connectivity index (χ0v) is 22.5. The normalized spacial score (nSPS) is 12.2. The largest absolute Gasteiger partial charge is 0.384 e. The van der Waals surface area contributed by atoms with E-state index < -0.39 is 27.1 Å². The van der Waals surface area contributed by atoms with Gasteiger partial charge in [-0.25, -0.2) is 22.2 Å². The van der Waals surface area contributed by atoms with Gasteiger partial charge in [-0.1, -0.05) is 30.7 Å². The summed E-state index contributed by atoms with van der Waals surface area (Å²) >= 11 is 6.28. The van der Waals surface area contributed by atoms with E-state index in [9.17, 15) is 22.3 Å². The van der Waals surface area contributed by atoms with Gasteiger partial charge in [-0.2, -0.15) is 0 Å². The molecule has 4 rings (SSSR count). The molecule has 1 N–H and O–H groups in total. The molecule has 9 heteroatoms. The minimum atomic E-state index is -3.62. The number of hydrogen-bond donors (Lipinski definition) is 1.